The lowest BCUT2D eigenvalue weighted by Gasteiger charge is -2.61. The lowest BCUT2D eigenvalue weighted by Crippen LogP contribution is -2.58. The van der Waals surface area contributed by atoms with Crippen LogP contribution in [0.1, 0.15) is 31.2 Å². The van der Waals surface area contributed by atoms with Gasteiger partial charge in [-0.2, -0.15) is 13.2 Å². The van der Waals surface area contributed by atoms with Gasteiger partial charge in [0.15, 0.2) is 23.3 Å². The minimum Gasteiger partial charge on any atom is -0.356 e. The lowest BCUT2D eigenvalue weighted by atomic mass is 9.43. The Bertz CT molecular complexity index is 2260. The lowest BCUT2D eigenvalue weighted by molar-refractivity contribution is -0.146. The molecule has 0 aromatic heterocycles. The van der Waals surface area contributed by atoms with E-state index >= 15 is 17.6 Å². The number of hydrogen-bond donors (Lipinski definition) is 0. The van der Waals surface area contributed by atoms with Gasteiger partial charge in [-0.15, -0.1) is 0 Å². The molecule has 1 heterocycles. The number of rotatable bonds is 1. The Balaban J connectivity index is 0.928. The molecule has 1 aliphatic heterocycles. The average molecular weight is 754 g/mol. The summed E-state index contributed by atoms with van der Waals surface area (Å²) in [6, 6.07) is -0.541. The Hall–Kier alpha value is -2.25. The summed E-state index contributed by atoms with van der Waals surface area (Å²) in [4.78, 5) is 1.67. The van der Waals surface area contributed by atoms with Crippen LogP contribution in [0, 0.1) is 189 Å². The molecule has 18 rings (SSSR count). The van der Waals surface area contributed by atoms with Gasteiger partial charge in [0.25, 0.3) is 0 Å². The predicted octanol–water partition coefficient (Wildman–Crippen LogP) is 9.26. The highest BCUT2D eigenvalue weighted by molar-refractivity contribution is 5.64. The molecule has 30 atom stereocenters. The number of anilines is 1. The third kappa shape index (κ3) is 2.43. The molecule has 0 spiro atoms. The van der Waals surface area contributed by atoms with E-state index in [0.717, 1.165) is 77.4 Å². The van der Waals surface area contributed by atoms with Crippen LogP contribution in [0.3, 0.4) is 0 Å². The van der Waals surface area contributed by atoms with Crippen molar-refractivity contribution < 1.29 is 30.7 Å². The van der Waals surface area contributed by atoms with E-state index < -0.39 is 40.7 Å². The van der Waals surface area contributed by atoms with Gasteiger partial charge in [-0.05, 0) is 191 Å². The maximum atomic E-state index is 16.3. The minimum atomic E-state index is -5.54. The van der Waals surface area contributed by atoms with Crippen LogP contribution < -0.4 is 4.90 Å². The molecular formula is C47H42F7N. The first kappa shape index (κ1) is 29.0. The zero-order valence-corrected chi connectivity index (χ0v) is 30.1. The fraction of sp³-hybridized carbons (Fsp3) is 0.745. The second-order valence-electron chi connectivity index (χ2n) is 23.0. The molecular weight excluding hydrogens is 712 g/mol. The number of hydrogen-bond acceptors (Lipinski definition) is 1. The van der Waals surface area contributed by atoms with E-state index in [1.807, 2.05) is 11.1 Å². The van der Waals surface area contributed by atoms with Crippen LogP contribution in [0.25, 0.3) is 0 Å². The summed E-state index contributed by atoms with van der Waals surface area (Å²) in [5.74, 6) is 9.35. The van der Waals surface area contributed by atoms with Crippen LogP contribution in [-0.2, 0) is 6.18 Å². The number of halogens is 7. The molecule has 0 radical (unpaired) electrons. The van der Waals surface area contributed by atoms with E-state index in [2.05, 4.69) is 24.3 Å². The van der Waals surface area contributed by atoms with Gasteiger partial charge in [-0.25, -0.2) is 17.6 Å². The van der Waals surface area contributed by atoms with Gasteiger partial charge in [0.2, 0.25) is 0 Å². The Morgan fingerprint density at radius 1 is 0.400 bits per heavy atom. The first-order valence-corrected chi connectivity index (χ1v) is 22.5. The van der Waals surface area contributed by atoms with Crippen molar-refractivity contribution >= 4 is 5.69 Å². The monoisotopic (exact) mass is 753 g/mol. The third-order valence-electron chi connectivity index (χ3n) is 23.7. The summed E-state index contributed by atoms with van der Waals surface area (Å²) < 4.78 is 105. The molecule has 30 unspecified atom stereocenters. The van der Waals surface area contributed by atoms with E-state index in [1.54, 1.807) is 4.90 Å². The summed E-state index contributed by atoms with van der Waals surface area (Å²) in [5, 5.41) is 0. The van der Waals surface area contributed by atoms with Crippen molar-refractivity contribution in [2.45, 2.75) is 43.9 Å². The molecule has 17 aliphatic rings. The Morgan fingerprint density at radius 2 is 0.836 bits per heavy atom. The second-order valence-corrected chi connectivity index (χ2v) is 23.0. The van der Waals surface area contributed by atoms with Crippen molar-refractivity contribution in [1.82, 2.24) is 0 Å². The summed E-state index contributed by atoms with van der Waals surface area (Å²) in [6.45, 7) is 0. The summed E-state index contributed by atoms with van der Waals surface area (Å²) in [6.07, 6.45) is 10.3. The van der Waals surface area contributed by atoms with E-state index in [1.165, 1.54) is 19.3 Å². The van der Waals surface area contributed by atoms with Crippen LogP contribution >= 0.6 is 0 Å². The molecule has 8 heteroatoms. The molecule has 1 aromatic rings. The van der Waals surface area contributed by atoms with Crippen molar-refractivity contribution in [2.75, 3.05) is 4.90 Å². The summed E-state index contributed by atoms with van der Waals surface area (Å²) in [5.41, 5.74) is 0.651. The second kappa shape index (κ2) is 8.04. The van der Waals surface area contributed by atoms with Gasteiger partial charge in [-0.1, -0.05) is 35.5 Å². The average Bonchev–Trinajstić information content (AvgIpc) is 3.70. The predicted molar refractivity (Wildman–Crippen MR) is 183 cm³/mol. The van der Waals surface area contributed by atoms with Crippen molar-refractivity contribution in [2.24, 2.45) is 166 Å². The molecule has 1 nitrogen and oxygen atoms in total. The molecule has 12 saturated carbocycles. The molecule has 0 amide bonds. The first-order chi connectivity index (χ1) is 26.7. The highest BCUT2D eigenvalue weighted by atomic mass is 19.4. The molecule has 1 aromatic carbocycles. The highest BCUT2D eigenvalue weighted by Crippen LogP contribution is 2.92. The largest absolute Gasteiger partial charge is 0.422 e. The SMILES string of the molecule is Fc1c(F)c(C(F)(F)F)c(F)c(F)c1N1C2C3C4C=CC5C6C=CC7C8CCC9C%10CCC%11C%12C%10C%10C9C8C8C9C%13=C(C6C78)C5C4C4C%13C(C9%10)C%12C(C43)C%11C21. The van der Waals surface area contributed by atoms with E-state index in [9.17, 15) is 13.2 Å². The van der Waals surface area contributed by atoms with Gasteiger partial charge in [0, 0.05) is 0 Å². The molecule has 0 bridgehead atoms. The van der Waals surface area contributed by atoms with Crippen molar-refractivity contribution in [3.05, 3.63) is 64.3 Å². The van der Waals surface area contributed by atoms with Crippen LogP contribution in [0.2, 0.25) is 0 Å². The summed E-state index contributed by atoms with van der Waals surface area (Å²) in [7, 11) is 0. The molecule has 13 fully saturated rings. The number of fused-ring (bicyclic) bond motifs is 8. The number of allylic oxidation sites excluding steroid dienone is 6. The van der Waals surface area contributed by atoms with Crippen LogP contribution in [-0.4, -0.2) is 12.1 Å². The Morgan fingerprint density at radius 3 is 1.51 bits per heavy atom. The molecule has 16 aliphatic carbocycles. The van der Waals surface area contributed by atoms with Crippen molar-refractivity contribution in [3.8, 4) is 0 Å². The van der Waals surface area contributed by atoms with E-state index in [4.69, 9.17) is 0 Å². The first-order valence-electron chi connectivity index (χ1n) is 22.5. The third-order valence-corrected chi connectivity index (χ3v) is 23.7. The van der Waals surface area contributed by atoms with Crippen LogP contribution in [0.4, 0.5) is 36.4 Å². The molecule has 55 heavy (non-hydrogen) atoms. The molecule has 284 valence electrons. The number of alkyl halides is 3. The number of nitrogens with zero attached hydrogens (tertiary/aromatic N) is 1. The minimum absolute atomic E-state index is 0.120. The fourth-order valence-electron chi connectivity index (χ4n) is 24.7. The van der Waals surface area contributed by atoms with Gasteiger partial charge >= 0.3 is 6.18 Å². The number of benzene rings is 1. The topological polar surface area (TPSA) is 3.01 Å². The zero-order chi connectivity index (χ0) is 35.7. The smallest absolute Gasteiger partial charge is 0.356 e. The Labute approximate surface area is 314 Å². The van der Waals surface area contributed by atoms with Gasteiger partial charge in [-0.3, -0.25) is 0 Å². The highest BCUT2D eigenvalue weighted by Gasteiger charge is 2.89. The van der Waals surface area contributed by atoms with Crippen LogP contribution in [0.15, 0.2) is 35.5 Å². The normalized spacial score (nSPS) is 67.0. The molecule has 0 N–H and O–H groups in total. The summed E-state index contributed by atoms with van der Waals surface area (Å²) >= 11 is 0. The quantitative estimate of drug-likeness (QED) is 0.120. The zero-order valence-electron chi connectivity index (χ0n) is 30.1. The molecule has 1 saturated heterocycles. The van der Waals surface area contributed by atoms with E-state index in [0.29, 0.717) is 76.9 Å². The Kier molecular flexibility index (Phi) is 4.25. The fourth-order valence-corrected chi connectivity index (χ4v) is 24.7. The maximum absolute atomic E-state index is 16.3. The van der Waals surface area contributed by atoms with Crippen molar-refractivity contribution in [1.29, 1.82) is 0 Å². The van der Waals surface area contributed by atoms with Gasteiger partial charge in [0.1, 0.15) is 11.3 Å². The maximum Gasteiger partial charge on any atom is 0.422 e. The van der Waals surface area contributed by atoms with Gasteiger partial charge < -0.3 is 4.90 Å². The van der Waals surface area contributed by atoms with Gasteiger partial charge in [0.05, 0.1) is 12.1 Å². The van der Waals surface area contributed by atoms with E-state index in [-0.39, 0.29) is 29.8 Å². The standard InChI is InChI=1S/C47H42F7N/c48-40-39(47(52,53)54)41(49)43(51)46(42(40)50)55-44-25-15-7-5-13-11-3-1-9-10-2-4-12-14-6-8-16-24-22(14)29-20(12)18(10)27-17(9)19(11)28-21(13)23(15)30-32(25)33(26(16)45(44)55)31(24)38-36(29)34(27)35(28)37(30)38/h1,3,5,7,9-27,29-34,36-38,44-45H,2,4,6,8H2. The van der Waals surface area contributed by atoms with Crippen LogP contribution in [0.5, 0.6) is 0 Å². The van der Waals surface area contributed by atoms with Crippen molar-refractivity contribution in [3.63, 3.8) is 0 Å².